The lowest BCUT2D eigenvalue weighted by Crippen LogP contribution is -2.47. The summed E-state index contributed by atoms with van der Waals surface area (Å²) in [5, 5.41) is 22.2. The number of nitrogens with zero attached hydrogens (tertiary/aromatic N) is 1. The van der Waals surface area contributed by atoms with Crippen LogP contribution in [0.3, 0.4) is 0 Å². The van der Waals surface area contributed by atoms with E-state index in [1.165, 1.54) is 51.3 Å². The van der Waals surface area contributed by atoms with Crippen molar-refractivity contribution in [1.29, 1.82) is 0 Å². The molecule has 1 amide bonds. The third kappa shape index (κ3) is 6.20. The molecule has 0 bridgehead atoms. The number of carbonyl (C=O) groups is 2. The van der Waals surface area contributed by atoms with Gasteiger partial charge in [0.2, 0.25) is 11.9 Å². The molecule has 2 aromatic carbocycles. The van der Waals surface area contributed by atoms with Crippen LogP contribution in [0.2, 0.25) is 10.0 Å². The lowest BCUT2D eigenvalue weighted by molar-refractivity contribution is -0.906. The van der Waals surface area contributed by atoms with Crippen LogP contribution in [-0.4, -0.2) is 41.4 Å². The SMILES string of the molecule is COc1cc[n+](O)c(C(=O)N[C@@H](C)C(=O)O[C@@H](C)C(c2ccc(Cl)c(F)c2)c2ccc(Cl)c(F)c2)c1O. The predicted octanol–water partition coefficient (Wildman–Crippen LogP) is 4.39. The van der Waals surface area contributed by atoms with Crippen LogP contribution in [0.25, 0.3) is 0 Å². The summed E-state index contributed by atoms with van der Waals surface area (Å²) >= 11 is 11.6. The van der Waals surface area contributed by atoms with E-state index >= 15 is 0 Å². The fraction of sp³-hybridized carbons (Fsp3) is 0.240. The number of amides is 1. The van der Waals surface area contributed by atoms with Gasteiger partial charge in [-0.05, 0) is 49.2 Å². The third-order valence-electron chi connectivity index (χ3n) is 5.57. The molecule has 0 saturated heterocycles. The highest BCUT2D eigenvalue weighted by Gasteiger charge is 2.33. The van der Waals surface area contributed by atoms with Crippen molar-refractivity contribution in [3.8, 4) is 11.5 Å². The Bertz CT molecular complexity index is 1290. The van der Waals surface area contributed by atoms with Crippen LogP contribution in [0.5, 0.6) is 11.5 Å². The first-order chi connectivity index (χ1) is 17.4. The maximum Gasteiger partial charge on any atom is 0.366 e. The van der Waals surface area contributed by atoms with E-state index in [0.717, 1.165) is 18.3 Å². The predicted molar refractivity (Wildman–Crippen MR) is 129 cm³/mol. The molecule has 12 heteroatoms. The maximum atomic E-state index is 14.2. The van der Waals surface area contributed by atoms with E-state index in [1.807, 2.05) is 0 Å². The molecule has 0 aliphatic carbocycles. The number of halogens is 4. The molecule has 0 radical (unpaired) electrons. The van der Waals surface area contributed by atoms with E-state index in [9.17, 15) is 28.7 Å². The van der Waals surface area contributed by atoms with Crippen molar-refractivity contribution in [2.24, 2.45) is 0 Å². The van der Waals surface area contributed by atoms with Gasteiger partial charge in [0.25, 0.3) is 0 Å². The number of hydrogen-bond donors (Lipinski definition) is 3. The van der Waals surface area contributed by atoms with Crippen LogP contribution >= 0.6 is 23.2 Å². The number of methoxy groups -OCH3 is 1. The minimum Gasteiger partial charge on any atom is -0.499 e. The molecule has 0 aliphatic rings. The number of pyridine rings is 1. The van der Waals surface area contributed by atoms with E-state index in [4.69, 9.17) is 32.7 Å². The van der Waals surface area contributed by atoms with Gasteiger partial charge in [0.1, 0.15) is 23.8 Å². The van der Waals surface area contributed by atoms with Gasteiger partial charge in [0.15, 0.2) is 5.75 Å². The normalized spacial score (nSPS) is 12.6. The summed E-state index contributed by atoms with van der Waals surface area (Å²) in [6.07, 6.45) is 0.0978. The van der Waals surface area contributed by atoms with Crippen molar-refractivity contribution in [1.82, 2.24) is 5.32 Å². The molecular formula is C25H23Cl2F2N2O6+. The lowest BCUT2D eigenvalue weighted by atomic mass is 9.87. The van der Waals surface area contributed by atoms with Crippen LogP contribution in [0.15, 0.2) is 48.7 Å². The highest BCUT2D eigenvalue weighted by Crippen LogP contribution is 2.33. The molecule has 3 aromatic rings. The van der Waals surface area contributed by atoms with Crippen LogP contribution in [-0.2, 0) is 9.53 Å². The summed E-state index contributed by atoms with van der Waals surface area (Å²) in [6, 6.07) is 7.98. The van der Waals surface area contributed by atoms with Crippen LogP contribution in [0.4, 0.5) is 8.78 Å². The van der Waals surface area contributed by atoms with Gasteiger partial charge in [-0.1, -0.05) is 35.3 Å². The fourth-order valence-electron chi connectivity index (χ4n) is 3.72. The van der Waals surface area contributed by atoms with Gasteiger partial charge in [-0.2, -0.15) is 0 Å². The fourth-order valence-corrected chi connectivity index (χ4v) is 3.95. The molecule has 196 valence electrons. The summed E-state index contributed by atoms with van der Waals surface area (Å²) in [4.78, 5) is 25.5. The summed E-state index contributed by atoms with van der Waals surface area (Å²) in [5.41, 5.74) is 0.129. The molecule has 2 atom stereocenters. The highest BCUT2D eigenvalue weighted by atomic mass is 35.5. The number of aromatic hydroxyl groups is 1. The molecule has 8 nitrogen and oxygen atoms in total. The monoisotopic (exact) mass is 555 g/mol. The number of hydrogen-bond acceptors (Lipinski definition) is 6. The Morgan fingerprint density at radius 1 is 1.00 bits per heavy atom. The Hall–Kier alpha value is -3.63. The van der Waals surface area contributed by atoms with Gasteiger partial charge in [-0.15, -0.1) is 0 Å². The molecular weight excluding hydrogens is 533 g/mol. The molecule has 1 aromatic heterocycles. The first-order valence-corrected chi connectivity index (χ1v) is 11.6. The molecule has 0 unspecified atom stereocenters. The van der Waals surface area contributed by atoms with E-state index in [1.54, 1.807) is 0 Å². The summed E-state index contributed by atoms with van der Waals surface area (Å²) in [5.74, 6) is -4.86. The van der Waals surface area contributed by atoms with E-state index in [-0.39, 0.29) is 15.8 Å². The number of ether oxygens (including phenoxy) is 2. The second-order valence-corrected chi connectivity index (χ2v) is 8.90. The first kappa shape index (κ1) is 27.9. The number of esters is 1. The lowest BCUT2D eigenvalue weighted by Gasteiger charge is -2.26. The Morgan fingerprint density at radius 3 is 2.03 bits per heavy atom. The molecule has 0 fully saturated rings. The number of nitrogens with one attached hydrogen (secondary N) is 1. The Kier molecular flexibility index (Phi) is 8.77. The van der Waals surface area contributed by atoms with E-state index in [2.05, 4.69) is 5.32 Å². The van der Waals surface area contributed by atoms with Crippen molar-refractivity contribution >= 4 is 35.1 Å². The van der Waals surface area contributed by atoms with Gasteiger partial charge < -0.3 is 19.9 Å². The standard InChI is InChI=1S/C25H22Cl2F2N2O6/c1-12(30-24(33)22-23(32)20(36-3)8-9-31(22)35)25(34)37-13(2)21(14-4-6-16(26)18(28)10-14)15-5-7-17(27)19(29)11-15/h4-13,21H,1-3H3,(H2-,30,32,33,35)/p+1/t12-,13-/m0/s1. The van der Waals surface area contributed by atoms with Crippen molar-refractivity contribution < 1.29 is 42.9 Å². The van der Waals surface area contributed by atoms with Crippen molar-refractivity contribution in [2.75, 3.05) is 7.11 Å². The quantitative estimate of drug-likeness (QED) is 0.216. The molecule has 3 N–H and O–H groups in total. The second kappa shape index (κ2) is 11.6. The van der Waals surface area contributed by atoms with Crippen LogP contribution in [0, 0.1) is 11.6 Å². The topological polar surface area (TPSA) is 109 Å². The minimum absolute atomic E-state index is 0.0764. The van der Waals surface area contributed by atoms with Crippen molar-refractivity contribution in [3.05, 3.63) is 87.2 Å². The molecule has 0 spiro atoms. The summed E-state index contributed by atoms with van der Waals surface area (Å²) in [7, 11) is 1.26. The second-order valence-electron chi connectivity index (χ2n) is 8.09. The van der Waals surface area contributed by atoms with Gasteiger partial charge in [-0.3, -0.25) is 10.0 Å². The van der Waals surface area contributed by atoms with Crippen molar-refractivity contribution in [3.63, 3.8) is 0 Å². The molecule has 1 heterocycles. The van der Waals surface area contributed by atoms with Gasteiger partial charge in [0, 0.05) is 10.6 Å². The zero-order chi connectivity index (χ0) is 27.4. The first-order valence-electron chi connectivity index (χ1n) is 10.9. The van der Waals surface area contributed by atoms with Gasteiger partial charge >= 0.3 is 17.6 Å². The Morgan fingerprint density at radius 2 is 1.54 bits per heavy atom. The summed E-state index contributed by atoms with van der Waals surface area (Å²) in [6.45, 7) is 2.84. The third-order valence-corrected chi connectivity index (χ3v) is 6.18. The smallest absolute Gasteiger partial charge is 0.366 e. The van der Waals surface area contributed by atoms with Crippen molar-refractivity contribution in [2.45, 2.75) is 31.9 Å². The van der Waals surface area contributed by atoms with Crippen LogP contribution < -0.4 is 14.8 Å². The minimum atomic E-state index is -1.25. The molecule has 3 rings (SSSR count). The summed E-state index contributed by atoms with van der Waals surface area (Å²) < 4.78 is 39.3. The molecule has 0 aliphatic heterocycles. The number of carbonyl (C=O) groups excluding carboxylic acids is 2. The average Bonchev–Trinajstić information content (AvgIpc) is 2.83. The Labute approximate surface area is 220 Å². The largest absolute Gasteiger partial charge is 0.499 e. The van der Waals surface area contributed by atoms with E-state index in [0.29, 0.717) is 15.9 Å². The highest BCUT2D eigenvalue weighted by molar-refractivity contribution is 6.31. The van der Waals surface area contributed by atoms with Gasteiger partial charge in [-0.25, -0.2) is 13.6 Å². The Balaban J connectivity index is 1.84. The van der Waals surface area contributed by atoms with Gasteiger partial charge in [0.05, 0.1) is 23.2 Å². The van der Waals surface area contributed by atoms with Crippen LogP contribution in [0.1, 0.15) is 41.4 Å². The van der Waals surface area contributed by atoms with E-state index < -0.39 is 53.0 Å². The molecule has 37 heavy (non-hydrogen) atoms. The maximum absolute atomic E-state index is 14.2. The zero-order valence-electron chi connectivity index (χ0n) is 19.8. The number of benzene rings is 2. The number of aromatic nitrogens is 1. The number of rotatable bonds is 8. The zero-order valence-corrected chi connectivity index (χ0v) is 21.3. The average molecular weight is 556 g/mol. The molecule has 0 saturated carbocycles.